The van der Waals surface area contributed by atoms with Crippen LogP contribution in [0, 0.1) is 0 Å². The van der Waals surface area contributed by atoms with Crippen molar-refractivity contribution >= 4 is 5.70 Å². The fourth-order valence-electron chi connectivity index (χ4n) is 1.64. The van der Waals surface area contributed by atoms with Gasteiger partial charge >= 0.3 is 0 Å². The highest BCUT2D eigenvalue weighted by molar-refractivity contribution is 5.64. The van der Waals surface area contributed by atoms with Gasteiger partial charge in [0.1, 0.15) is 0 Å². The van der Waals surface area contributed by atoms with Crippen LogP contribution in [0.5, 0.6) is 0 Å². The minimum absolute atomic E-state index is 0.897. The number of rotatable bonds is 6. The van der Waals surface area contributed by atoms with E-state index in [1.54, 1.807) is 6.08 Å². The highest BCUT2D eigenvalue weighted by Crippen LogP contribution is 2.14. The fourth-order valence-corrected chi connectivity index (χ4v) is 1.64. The molecular formula is C18H21N. The summed E-state index contributed by atoms with van der Waals surface area (Å²) >= 11 is 0. The van der Waals surface area contributed by atoms with Crippen LogP contribution in [-0.4, -0.2) is 0 Å². The Bertz CT molecular complexity index is 516. The van der Waals surface area contributed by atoms with E-state index in [0.29, 0.717) is 0 Å². The molecule has 0 aliphatic heterocycles. The van der Waals surface area contributed by atoms with Gasteiger partial charge in [0, 0.05) is 11.4 Å². The number of nitrogens with one attached hydrogen (secondary N) is 1. The normalized spacial score (nSPS) is 12.5. The molecule has 0 heterocycles. The van der Waals surface area contributed by atoms with Crippen molar-refractivity contribution in [1.82, 2.24) is 5.32 Å². The van der Waals surface area contributed by atoms with Crippen LogP contribution in [0.2, 0.25) is 0 Å². The van der Waals surface area contributed by atoms with E-state index in [1.165, 1.54) is 0 Å². The van der Waals surface area contributed by atoms with Crippen LogP contribution in [0.4, 0.5) is 0 Å². The second-order valence-electron chi connectivity index (χ2n) is 4.14. The maximum Gasteiger partial charge on any atom is 0.0384 e. The third kappa shape index (κ3) is 4.84. The van der Waals surface area contributed by atoms with E-state index < -0.39 is 0 Å². The lowest BCUT2D eigenvalue weighted by Gasteiger charge is -2.13. The molecule has 1 rings (SSSR count). The first-order chi connectivity index (χ1) is 9.19. The predicted molar refractivity (Wildman–Crippen MR) is 85.5 cm³/mol. The number of benzene rings is 1. The molecule has 1 aromatic carbocycles. The van der Waals surface area contributed by atoms with Crippen molar-refractivity contribution in [2.75, 3.05) is 0 Å². The Kier molecular flexibility index (Phi) is 6.17. The summed E-state index contributed by atoms with van der Waals surface area (Å²) in [4.78, 5) is 0. The van der Waals surface area contributed by atoms with Crippen LogP contribution in [0.25, 0.3) is 5.70 Å². The van der Waals surface area contributed by atoms with Gasteiger partial charge < -0.3 is 5.32 Å². The molecule has 0 atom stereocenters. The molecule has 0 aliphatic rings. The van der Waals surface area contributed by atoms with Crippen LogP contribution in [0.1, 0.15) is 19.4 Å². The van der Waals surface area contributed by atoms with Gasteiger partial charge in [-0.05, 0) is 25.0 Å². The molecule has 19 heavy (non-hydrogen) atoms. The molecule has 1 N–H and O–H groups in total. The van der Waals surface area contributed by atoms with Gasteiger partial charge in [-0.1, -0.05) is 73.9 Å². The van der Waals surface area contributed by atoms with Gasteiger partial charge in [-0.2, -0.15) is 0 Å². The summed E-state index contributed by atoms with van der Waals surface area (Å²) in [5.41, 5.74) is 4.20. The summed E-state index contributed by atoms with van der Waals surface area (Å²) in [7, 11) is 0. The van der Waals surface area contributed by atoms with Crippen molar-refractivity contribution < 1.29 is 0 Å². The van der Waals surface area contributed by atoms with E-state index >= 15 is 0 Å². The van der Waals surface area contributed by atoms with Crippen molar-refractivity contribution in [1.29, 1.82) is 0 Å². The molecule has 0 radical (unpaired) electrons. The summed E-state index contributed by atoms with van der Waals surface area (Å²) in [5, 5.41) is 3.35. The van der Waals surface area contributed by atoms with Gasteiger partial charge in [0.2, 0.25) is 0 Å². The van der Waals surface area contributed by atoms with E-state index in [0.717, 1.165) is 22.5 Å². The van der Waals surface area contributed by atoms with Crippen LogP contribution >= 0.6 is 0 Å². The molecule has 1 aromatic rings. The smallest absolute Gasteiger partial charge is 0.0384 e. The molecule has 0 spiro atoms. The van der Waals surface area contributed by atoms with Crippen molar-refractivity contribution in [3.8, 4) is 0 Å². The first-order valence-corrected chi connectivity index (χ1v) is 6.33. The number of hydrogen-bond acceptors (Lipinski definition) is 1. The lowest BCUT2D eigenvalue weighted by molar-refractivity contribution is 1.08. The Morgan fingerprint density at radius 3 is 2.42 bits per heavy atom. The van der Waals surface area contributed by atoms with Gasteiger partial charge in [0.15, 0.2) is 0 Å². The van der Waals surface area contributed by atoms with Gasteiger partial charge in [0.05, 0.1) is 0 Å². The Morgan fingerprint density at radius 1 is 1.16 bits per heavy atom. The molecule has 0 saturated heterocycles. The number of allylic oxidation sites excluding steroid dienone is 6. The van der Waals surface area contributed by atoms with Crippen molar-refractivity contribution in [2.45, 2.75) is 13.8 Å². The van der Waals surface area contributed by atoms with Crippen LogP contribution < -0.4 is 5.32 Å². The maximum atomic E-state index is 4.08. The summed E-state index contributed by atoms with van der Waals surface area (Å²) in [6.45, 7) is 11.8. The SMILES string of the molecule is C=C/C=C/C=C(C)\C(=C/C)NC(=C)c1ccccc1. The average molecular weight is 251 g/mol. The Morgan fingerprint density at radius 2 is 1.84 bits per heavy atom. The number of hydrogen-bond donors (Lipinski definition) is 1. The fraction of sp³-hybridized carbons (Fsp3) is 0.111. The van der Waals surface area contributed by atoms with Gasteiger partial charge in [-0.3, -0.25) is 0 Å². The Balaban J connectivity index is 2.78. The zero-order chi connectivity index (χ0) is 14.1. The molecule has 0 unspecified atom stereocenters. The van der Waals surface area contributed by atoms with Crippen molar-refractivity contribution in [3.63, 3.8) is 0 Å². The zero-order valence-electron chi connectivity index (χ0n) is 11.7. The van der Waals surface area contributed by atoms with Crippen molar-refractivity contribution in [3.05, 3.63) is 90.7 Å². The van der Waals surface area contributed by atoms with E-state index in [-0.39, 0.29) is 0 Å². The molecular weight excluding hydrogens is 230 g/mol. The van der Waals surface area contributed by atoms with E-state index in [4.69, 9.17) is 0 Å². The maximum absolute atomic E-state index is 4.08. The quantitative estimate of drug-likeness (QED) is 0.713. The average Bonchev–Trinajstić information content (AvgIpc) is 2.45. The molecule has 1 heteroatoms. The molecule has 0 aromatic heterocycles. The first kappa shape index (κ1) is 14.8. The van der Waals surface area contributed by atoms with Crippen molar-refractivity contribution in [2.24, 2.45) is 0 Å². The third-order valence-electron chi connectivity index (χ3n) is 2.71. The first-order valence-electron chi connectivity index (χ1n) is 6.33. The Hall–Kier alpha value is -2.28. The van der Waals surface area contributed by atoms with Crippen LogP contribution in [-0.2, 0) is 0 Å². The molecule has 0 amide bonds. The molecule has 0 bridgehead atoms. The van der Waals surface area contributed by atoms with Gasteiger partial charge in [-0.15, -0.1) is 0 Å². The Labute approximate surface area is 116 Å². The van der Waals surface area contributed by atoms with Crippen LogP contribution in [0.15, 0.2) is 85.1 Å². The second kappa shape index (κ2) is 7.93. The summed E-state index contributed by atoms with van der Waals surface area (Å²) in [6.07, 6.45) is 9.72. The molecule has 1 nitrogen and oxygen atoms in total. The summed E-state index contributed by atoms with van der Waals surface area (Å²) < 4.78 is 0. The molecule has 0 fully saturated rings. The van der Waals surface area contributed by atoms with E-state index in [2.05, 4.69) is 25.4 Å². The summed E-state index contributed by atoms with van der Waals surface area (Å²) in [5.74, 6) is 0. The third-order valence-corrected chi connectivity index (χ3v) is 2.71. The second-order valence-corrected chi connectivity index (χ2v) is 4.14. The van der Waals surface area contributed by atoms with Gasteiger partial charge in [-0.25, -0.2) is 0 Å². The molecule has 0 saturated carbocycles. The monoisotopic (exact) mass is 251 g/mol. The lowest BCUT2D eigenvalue weighted by atomic mass is 10.1. The summed E-state index contributed by atoms with van der Waals surface area (Å²) in [6, 6.07) is 10.1. The van der Waals surface area contributed by atoms with E-state index in [9.17, 15) is 0 Å². The molecule has 98 valence electrons. The standard InChI is InChI=1S/C18H21N/c1-5-7-9-12-15(3)18(6-2)19-16(4)17-13-10-8-11-14-17/h5-14,19H,1,4H2,2-3H3/b9-7+,15-12-,18-6+. The van der Waals surface area contributed by atoms with Gasteiger partial charge in [0.25, 0.3) is 0 Å². The minimum atomic E-state index is 0.897. The topological polar surface area (TPSA) is 12.0 Å². The minimum Gasteiger partial charge on any atom is -0.356 e. The predicted octanol–water partition coefficient (Wildman–Crippen LogP) is 4.84. The van der Waals surface area contributed by atoms with Crippen LogP contribution in [0.3, 0.4) is 0 Å². The van der Waals surface area contributed by atoms with E-state index in [1.807, 2.05) is 61.6 Å². The highest BCUT2D eigenvalue weighted by atomic mass is 14.9. The largest absolute Gasteiger partial charge is 0.356 e. The molecule has 0 aliphatic carbocycles. The highest BCUT2D eigenvalue weighted by Gasteiger charge is 2.01. The lowest BCUT2D eigenvalue weighted by Crippen LogP contribution is -2.11. The zero-order valence-corrected chi connectivity index (χ0v) is 11.7.